The van der Waals surface area contributed by atoms with E-state index in [4.69, 9.17) is 0 Å². The van der Waals surface area contributed by atoms with E-state index in [1.54, 1.807) is 6.08 Å². The van der Waals surface area contributed by atoms with Crippen molar-refractivity contribution in [3.63, 3.8) is 0 Å². The van der Waals surface area contributed by atoms with Crippen LogP contribution >= 0.6 is 0 Å². The van der Waals surface area contributed by atoms with Crippen LogP contribution in [0.2, 0.25) is 0 Å². The highest BCUT2D eigenvalue weighted by Crippen LogP contribution is 2.16. The van der Waals surface area contributed by atoms with Crippen LogP contribution < -0.4 is 10.6 Å². The number of amides is 1. The van der Waals surface area contributed by atoms with Gasteiger partial charge in [-0.25, -0.2) is 4.79 Å². The van der Waals surface area contributed by atoms with Crippen molar-refractivity contribution < 1.29 is 14.3 Å². The Kier molecular flexibility index (Phi) is 7.89. The second-order valence-corrected chi connectivity index (χ2v) is 4.83. The minimum atomic E-state index is -0.404. The molecular weight excluding hydrogens is 244 g/mol. The van der Waals surface area contributed by atoms with Crippen molar-refractivity contribution in [1.82, 2.24) is 10.6 Å². The van der Waals surface area contributed by atoms with Crippen molar-refractivity contribution in [1.29, 1.82) is 0 Å². The number of hydrogen-bond donors (Lipinski definition) is 2. The maximum absolute atomic E-state index is 11.6. The molecule has 1 heterocycles. The molecule has 19 heavy (non-hydrogen) atoms. The highest BCUT2D eigenvalue weighted by atomic mass is 16.5. The van der Waals surface area contributed by atoms with Gasteiger partial charge in [-0.15, -0.1) is 0 Å². The molecule has 1 aliphatic heterocycles. The van der Waals surface area contributed by atoms with Gasteiger partial charge in [-0.2, -0.15) is 0 Å². The average molecular weight is 268 g/mol. The molecule has 5 heteroatoms. The van der Waals surface area contributed by atoms with E-state index in [1.807, 2.05) is 0 Å². The molecule has 5 nitrogen and oxygen atoms in total. The van der Waals surface area contributed by atoms with Crippen molar-refractivity contribution in [2.75, 3.05) is 26.7 Å². The molecule has 0 aliphatic carbocycles. The molecule has 1 amide bonds. The monoisotopic (exact) mass is 268 g/mol. The third-order valence-electron chi connectivity index (χ3n) is 3.30. The SMILES string of the molecule is COC(=O)/C=C/CNC(=O)CCC1CCCCNC1. The highest BCUT2D eigenvalue weighted by molar-refractivity contribution is 5.82. The fraction of sp³-hybridized carbons (Fsp3) is 0.714. The standard InChI is InChI=1S/C14H24N2O3/c1-19-14(18)6-4-10-16-13(17)8-7-12-5-2-3-9-15-11-12/h4,6,12,15H,2-3,5,7-11H2,1H3,(H,16,17)/b6-4+. The Morgan fingerprint density at radius 3 is 3.05 bits per heavy atom. The minimum Gasteiger partial charge on any atom is -0.466 e. The molecule has 1 aliphatic rings. The van der Waals surface area contributed by atoms with Crippen LogP contribution in [0.5, 0.6) is 0 Å². The van der Waals surface area contributed by atoms with Crippen LogP contribution in [0.25, 0.3) is 0 Å². The first-order valence-corrected chi connectivity index (χ1v) is 6.94. The van der Waals surface area contributed by atoms with Crippen LogP contribution in [0.4, 0.5) is 0 Å². The average Bonchev–Trinajstić information content (AvgIpc) is 2.69. The molecule has 1 fully saturated rings. The third-order valence-corrected chi connectivity index (χ3v) is 3.30. The topological polar surface area (TPSA) is 67.4 Å². The van der Waals surface area contributed by atoms with Crippen molar-refractivity contribution in [2.45, 2.75) is 32.1 Å². The first-order valence-electron chi connectivity index (χ1n) is 6.94. The van der Waals surface area contributed by atoms with Crippen LogP contribution in [0.1, 0.15) is 32.1 Å². The van der Waals surface area contributed by atoms with Gasteiger partial charge in [0.25, 0.3) is 0 Å². The number of methoxy groups -OCH3 is 1. The second-order valence-electron chi connectivity index (χ2n) is 4.83. The fourth-order valence-corrected chi connectivity index (χ4v) is 2.16. The Morgan fingerprint density at radius 2 is 2.26 bits per heavy atom. The van der Waals surface area contributed by atoms with Gasteiger partial charge in [0.05, 0.1) is 7.11 Å². The van der Waals surface area contributed by atoms with Gasteiger partial charge in [-0.1, -0.05) is 12.5 Å². The summed E-state index contributed by atoms with van der Waals surface area (Å²) in [5, 5.41) is 6.16. The molecule has 1 unspecified atom stereocenters. The summed E-state index contributed by atoms with van der Waals surface area (Å²) < 4.78 is 4.45. The van der Waals surface area contributed by atoms with Crippen LogP contribution in [0.3, 0.4) is 0 Å². The normalized spacial score (nSPS) is 19.9. The van der Waals surface area contributed by atoms with Crippen LogP contribution in [-0.2, 0) is 14.3 Å². The van der Waals surface area contributed by atoms with E-state index in [0.29, 0.717) is 18.9 Å². The van der Waals surface area contributed by atoms with Gasteiger partial charge in [-0.05, 0) is 38.3 Å². The Morgan fingerprint density at radius 1 is 1.42 bits per heavy atom. The number of carbonyl (C=O) groups is 2. The number of nitrogens with one attached hydrogen (secondary N) is 2. The molecule has 0 bridgehead atoms. The van der Waals surface area contributed by atoms with Gasteiger partial charge in [0.1, 0.15) is 0 Å². The number of ether oxygens (including phenoxy) is 1. The van der Waals surface area contributed by atoms with Gasteiger partial charge >= 0.3 is 5.97 Å². The number of esters is 1. The largest absolute Gasteiger partial charge is 0.466 e. The maximum Gasteiger partial charge on any atom is 0.330 e. The smallest absolute Gasteiger partial charge is 0.330 e. The molecule has 1 atom stereocenters. The Balaban J connectivity index is 2.10. The molecule has 2 N–H and O–H groups in total. The first-order chi connectivity index (χ1) is 9.22. The summed E-state index contributed by atoms with van der Waals surface area (Å²) in [5.41, 5.74) is 0. The second kappa shape index (κ2) is 9.55. The van der Waals surface area contributed by atoms with Crippen molar-refractivity contribution in [3.05, 3.63) is 12.2 Å². The molecule has 0 spiro atoms. The van der Waals surface area contributed by atoms with E-state index in [0.717, 1.165) is 19.5 Å². The Labute approximate surface area is 114 Å². The maximum atomic E-state index is 11.6. The van der Waals surface area contributed by atoms with E-state index in [9.17, 15) is 9.59 Å². The van der Waals surface area contributed by atoms with E-state index < -0.39 is 5.97 Å². The van der Waals surface area contributed by atoms with Crippen molar-refractivity contribution in [3.8, 4) is 0 Å². The summed E-state index contributed by atoms with van der Waals surface area (Å²) in [5.74, 6) is 0.247. The molecular formula is C14H24N2O3. The lowest BCUT2D eigenvalue weighted by Gasteiger charge is -2.13. The summed E-state index contributed by atoms with van der Waals surface area (Å²) in [4.78, 5) is 22.4. The summed E-state index contributed by atoms with van der Waals surface area (Å²) in [6.07, 6.45) is 8.09. The Bertz CT molecular complexity index is 308. The first kappa shape index (κ1) is 15.7. The lowest BCUT2D eigenvalue weighted by atomic mass is 9.98. The predicted molar refractivity (Wildman–Crippen MR) is 73.6 cm³/mol. The lowest BCUT2D eigenvalue weighted by molar-refractivity contribution is -0.134. The van der Waals surface area contributed by atoms with Gasteiger partial charge in [-0.3, -0.25) is 4.79 Å². The minimum absolute atomic E-state index is 0.0405. The van der Waals surface area contributed by atoms with Crippen LogP contribution in [0, 0.1) is 5.92 Å². The summed E-state index contributed by atoms with van der Waals surface area (Å²) >= 11 is 0. The van der Waals surface area contributed by atoms with Gasteiger partial charge in [0, 0.05) is 19.0 Å². The van der Waals surface area contributed by atoms with Crippen LogP contribution in [-0.4, -0.2) is 38.6 Å². The number of carbonyl (C=O) groups excluding carboxylic acids is 2. The number of rotatable bonds is 6. The van der Waals surface area contributed by atoms with Crippen LogP contribution in [0.15, 0.2) is 12.2 Å². The zero-order valence-electron chi connectivity index (χ0n) is 11.6. The summed E-state index contributed by atoms with van der Waals surface area (Å²) in [7, 11) is 1.33. The summed E-state index contributed by atoms with van der Waals surface area (Å²) in [6, 6.07) is 0. The summed E-state index contributed by atoms with van der Waals surface area (Å²) in [6.45, 7) is 2.49. The third kappa shape index (κ3) is 7.62. The lowest BCUT2D eigenvalue weighted by Crippen LogP contribution is -2.26. The number of hydrogen-bond acceptors (Lipinski definition) is 4. The predicted octanol–water partition coefficient (Wildman–Crippen LogP) is 1.00. The van der Waals surface area contributed by atoms with Gasteiger partial charge in [0.2, 0.25) is 5.91 Å². The van der Waals surface area contributed by atoms with E-state index in [1.165, 1.54) is 32.4 Å². The fourth-order valence-electron chi connectivity index (χ4n) is 2.16. The van der Waals surface area contributed by atoms with E-state index in [-0.39, 0.29) is 5.91 Å². The molecule has 0 saturated carbocycles. The van der Waals surface area contributed by atoms with E-state index >= 15 is 0 Å². The molecule has 1 rings (SSSR count). The van der Waals surface area contributed by atoms with Gasteiger partial charge in [0.15, 0.2) is 0 Å². The zero-order valence-corrected chi connectivity index (χ0v) is 11.6. The molecule has 0 aromatic carbocycles. The Hall–Kier alpha value is -1.36. The van der Waals surface area contributed by atoms with Crippen molar-refractivity contribution in [2.24, 2.45) is 5.92 Å². The molecule has 0 aromatic heterocycles. The van der Waals surface area contributed by atoms with Gasteiger partial charge < -0.3 is 15.4 Å². The quantitative estimate of drug-likeness (QED) is 0.557. The van der Waals surface area contributed by atoms with E-state index in [2.05, 4.69) is 15.4 Å². The molecule has 0 aromatic rings. The zero-order chi connectivity index (χ0) is 13.9. The highest BCUT2D eigenvalue weighted by Gasteiger charge is 2.13. The molecule has 0 radical (unpaired) electrons. The van der Waals surface area contributed by atoms with Crippen molar-refractivity contribution >= 4 is 11.9 Å². The molecule has 108 valence electrons. The molecule has 1 saturated heterocycles.